The molecule has 19 heavy (non-hydrogen) atoms. The molecule has 0 unspecified atom stereocenters. The Hall–Kier alpha value is -0.160. The van der Waals surface area contributed by atoms with Gasteiger partial charge in [-0.25, -0.2) is 0 Å². The Bertz CT molecular complexity index is 228. The minimum atomic E-state index is 0.243. The van der Waals surface area contributed by atoms with Crippen molar-refractivity contribution in [2.24, 2.45) is 5.41 Å². The van der Waals surface area contributed by atoms with E-state index in [-0.39, 0.29) is 6.61 Å². The zero-order chi connectivity index (χ0) is 14.1. The fourth-order valence-corrected chi connectivity index (χ4v) is 2.80. The van der Waals surface area contributed by atoms with Gasteiger partial charge in [0.25, 0.3) is 0 Å². The molecule has 0 bridgehead atoms. The molecule has 1 saturated heterocycles. The van der Waals surface area contributed by atoms with Gasteiger partial charge in [0.15, 0.2) is 0 Å². The van der Waals surface area contributed by atoms with Crippen LogP contribution in [0.25, 0.3) is 0 Å². The van der Waals surface area contributed by atoms with Gasteiger partial charge in [0.05, 0.1) is 6.61 Å². The number of aliphatic hydroxyl groups is 1. The van der Waals surface area contributed by atoms with Crippen molar-refractivity contribution in [2.75, 3.05) is 46.0 Å². The van der Waals surface area contributed by atoms with Gasteiger partial charge in [-0.2, -0.15) is 0 Å². The summed E-state index contributed by atoms with van der Waals surface area (Å²) in [6.07, 6.45) is 3.42. The molecule has 1 aliphatic rings. The van der Waals surface area contributed by atoms with E-state index in [2.05, 4.69) is 31.0 Å². The van der Waals surface area contributed by atoms with E-state index < -0.39 is 0 Å². The van der Waals surface area contributed by atoms with Crippen molar-refractivity contribution in [3.63, 3.8) is 0 Å². The second kappa shape index (κ2) is 8.90. The Morgan fingerprint density at radius 2 is 2.00 bits per heavy atom. The van der Waals surface area contributed by atoms with Crippen molar-refractivity contribution in [3.05, 3.63) is 0 Å². The highest BCUT2D eigenvalue weighted by Gasteiger charge is 2.34. The predicted octanol–water partition coefficient (Wildman–Crippen LogP) is 1.49. The van der Waals surface area contributed by atoms with E-state index in [4.69, 9.17) is 4.74 Å². The molecule has 4 heteroatoms. The molecule has 0 aliphatic carbocycles. The first-order valence-corrected chi connectivity index (χ1v) is 7.77. The predicted molar refractivity (Wildman–Crippen MR) is 79.4 cm³/mol. The lowest BCUT2D eigenvalue weighted by molar-refractivity contribution is -0.0119. The molecule has 0 atom stereocenters. The lowest BCUT2D eigenvalue weighted by Crippen LogP contribution is -2.49. The molecule has 0 aromatic rings. The third kappa shape index (κ3) is 5.78. The third-order valence-corrected chi connectivity index (χ3v) is 4.14. The van der Waals surface area contributed by atoms with Crippen LogP contribution in [0.1, 0.15) is 40.0 Å². The summed E-state index contributed by atoms with van der Waals surface area (Å²) in [6, 6.07) is 0.484. The highest BCUT2D eigenvalue weighted by Crippen LogP contribution is 2.31. The lowest BCUT2D eigenvalue weighted by Gasteiger charge is -2.42. The van der Waals surface area contributed by atoms with Crippen LogP contribution in [0, 0.1) is 5.41 Å². The molecule has 114 valence electrons. The molecule has 1 aliphatic heterocycles. The summed E-state index contributed by atoms with van der Waals surface area (Å²) in [5.41, 5.74) is 0.312. The van der Waals surface area contributed by atoms with Gasteiger partial charge in [-0.15, -0.1) is 0 Å². The van der Waals surface area contributed by atoms with Crippen molar-refractivity contribution in [1.82, 2.24) is 10.2 Å². The van der Waals surface area contributed by atoms with Crippen LogP contribution in [0.2, 0.25) is 0 Å². The molecule has 2 N–H and O–H groups in total. The average Bonchev–Trinajstić information content (AvgIpc) is 2.39. The van der Waals surface area contributed by atoms with E-state index in [1.165, 1.54) is 6.42 Å². The van der Waals surface area contributed by atoms with Crippen LogP contribution < -0.4 is 5.32 Å². The van der Waals surface area contributed by atoms with Gasteiger partial charge in [0, 0.05) is 38.9 Å². The minimum absolute atomic E-state index is 0.243. The van der Waals surface area contributed by atoms with Gasteiger partial charge in [0.2, 0.25) is 0 Å². The Morgan fingerprint density at radius 1 is 1.32 bits per heavy atom. The quantitative estimate of drug-likeness (QED) is 0.624. The summed E-state index contributed by atoms with van der Waals surface area (Å²) < 4.78 is 5.54. The second-order valence-electron chi connectivity index (χ2n) is 6.08. The maximum atomic E-state index is 9.23. The molecule has 0 amide bonds. The Kier molecular flexibility index (Phi) is 7.91. The largest absolute Gasteiger partial charge is 0.395 e. The number of nitrogens with one attached hydrogen (secondary N) is 1. The molecule has 1 heterocycles. The monoisotopic (exact) mass is 272 g/mol. The fraction of sp³-hybridized carbons (Fsp3) is 1.00. The van der Waals surface area contributed by atoms with E-state index >= 15 is 0 Å². The highest BCUT2D eigenvalue weighted by atomic mass is 16.5. The average molecular weight is 272 g/mol. The summed E-state index contributed by atoms with van der Waals surface area (Å²) in [4.78, 5) is 2.40. The topological polar surface area (TPSA) is 44.7 Å². The number of nitrogens with zero attached hydrogens (tertiary/aromatic N) is 1. The van der Waals surface area contributed by atoms with E-state index in [9.17, 15) is 5.11 Å². The maximum Gasteiger partial charge on any atom is 0.0558 e. The van der Waals surface area contributed by atoms with Crippen LogP contribution in [-0.4, -0.2) is 62.0 Å². The standard InChI is InChI=1S/C15H32N2O2/c1-4-7-16-12-15(5-10-19-11-6-15)13-17(8-9-18)14(2)3/h14,16,18H,4-13H2,1-3H3. The fourth-order valence-electron chi connectivity index (χ4n) is 2.80. The Labute approximate surface area is 118 Å². The van der Waals surface area contributed by atoms with Crippen LogP contribution in [0.3, 0.4) is 0 Å². The molecular formula is C15H32N2O2. The van der Waals surface area contributed by atoms with E-state index in [0.29, 0.717) is 11.5 Å². The van der Waals surface area contributed by atoms with Gasteiger partial charge in [-0.1, -0.05) is 6.92 Å². The summed E-state index contributed by atoms with van der Waals surface area (Å²) in [6.45, 7) is 12.6. The molecule has 4 nitrogen and oxygen atoms in total. The number of rotatable bonds is 9. The lowest BCUT2D eigenvalue weighted by atomic mass is 9.79. The number of ether oxygens (including phenoxy) is 1. The van der Waals surface area contributed by atoms with E-state index in [1.54, 1.807) is 0 Å². The zero-order valence-electron chi connectivity index (χ0n) is 13.0. The van der Waals surface area contributed by atoms with Crippen molar-refractivity contribution in [2.45, 2.75) is 46.1 Å². The molecule has 0 aromatic heterocycles. The van der Waals surface area contributed by atoms with Crippen LogP contribution in [-0.2, 0) is 4.74 Å². The first kappa shape index (κ1) is 16.9. The van der Waals surface area contributed by atoms with Gasteiger partial charge >= 0.3 is 0 Å². The summed E-state index contributed by atoms with van der Waals surface area (Å²) >= 11 is 0. The Morgan fingerprint density at radius 3 is 2.53 bits per heavy atom. The van der Waals surface area contributed by atoms with Crippen molar-refractivity contribution >= 4 is 0 Å². The maximum absolute atomic E-state index is 9.23. The number of hydrogen-bond acceptors (Lipinski definition) is 4. The molecule has 0 aromatic carbocycles. The summed E-state index contributed by atoms with van der Waals surface area (Å²) in [7, 11) is 0. The summed E-state index contributed by atoms with van der Waals surface area (Å²) in [5.74, 6) is 0. The first-order valence-electron chi connectivity index (χ1n) is 7.77. The molecule has 1 fully saturated rings. The molecular weight excluding hydrogens is 240 g/mol. The minimum Gasteiger partial charge on any atom is -0.395 e. The SMILES string of the molecule is CCCNCC1(CN(CCO)C(C)C)CCOCC1. The smallest absolute Gasteiger partial charge is 0.0558 e. The van der Waals surface area contributed by atoms with Crippen molar-refractivity contribution < 1.29 is 9.84 Å². The molecule has 0 radical (unpaired) electrons. The van der Waals surface area contributed by atoms with Crippen LogP contribution in [0.15, 0.2) is 0 Å². The van der Waals surface area contributed by atoms with E-state index in [1.807, 2.05) is 0 Å². The van der Waals surface area contributed by atoms with Crippen LogP contribution >= 0.6 is 0 Å². The zero-order valence-corrected chi connectivity index (χ0v) is 13.0. The Balaban J connectivity index is 2.60. The van der Waals surface area contributed by atoms with Crippen LogP contribution in [0.5, 0.6) is 0 Å². The first-order chi connectivity index (χ1) is 9.13. The van der Waals surface area contributed by atoms with Crippen molar-refractivity contribution in [1.29, 1.82) is 0 Å². The summed E-state index contributed by atoms with van der Waals surface area (Å²) in [5, 5.41) is 12.8. The third-order valence-electron chi connectivity index (χ3n) is 4.14. The van der Waals surface area contributed by atoms with Crippen LogP contribution in [0.4, 0.5) is 0 Å². The second-order valence-corrected chi connectivity index (χ2v) is 6.08. The molecule has 0 saturated carbocycles. The molecule has 1 rings (SSSR count). The van der Waals surface area contributed by atoms with E-state index in [0.717, 1.165) is 52.2 Å². The van der Waals surface area contributed by atoms with Gasteiger partial charge < -0.3 is 15.2 Å². The number of aliphatic hydroxyl groups excluding tert-OH is 1. The normalized spacial score (nSPS) is 19.3. The van der Waals surface area contributed by atoms with Gasteiger partial charge in [-0.05, 0) is 45.1 Å². The van der Waals surface area contributed by atoms with Gasteiger partial charge in [0.1, 0.15) is 0 Å². The highest BCUT2D eigenvalue weighted by molar-refractivity contribution is 4.88. The number of hydrogen-bond donors (Lipinski definition) is 2. The van der Waals surface area contributed by atoms with Crippen molar-refractivity contribution in [3.8, 4) is 0 Å². The van der Waals surface area contributed by atoms with Gasteiger partial charge in [-0.3, -0.25) is 4.90 Å². The molecule has 0 spiro atoms.